The first-order valence-corrected chi connectivity index (χ1v) is 12.6. The fraction of sp³-hybridized carbons (Fsp3) is 0.400. The van der Waals surface area contributed by atoms with E-state index in [0.29, 0.717) is 19.8 Å². The fourth-order valence-electron chi connectivity index (χ4n) is 5.32. The number of piperidine rings is 1. The van der Waals surface area contributed by atoms with Gasteiger partial charge in [0.25, 0.3) is 11.8 Å². The molecule has 0 aliphatic carbocycles. The number of halogens is 1. The zero-order valence-electron chi connectivity index (χ0n) is 21.8. The van der Waals surface area contributed by atoms with Gasteiger partial charge in [-0.25, -0.2) is 4.39 Å². The lowest BCUT2D eigenvalue weighted by Crippen LogP contribution is -2.83. The van der Waals surface area contributed by atoms with Crippen LogP contribution < -0.4 is 10.6 Å². The number of imide groups is 1. The Morgan fingerprint density at radius 3 is 2.37 bits per heavy atom. The molecule has 16 heteroatoms. The van der Waals surface area contributed by atoms with E-state index in [1.54, 1.807) is 17.4 Å². The molecular weight excluding hydrogens is 531 g/mol. The molecule has 2 fully saturated rings. The van der Waals surface area contributed by atoms with Gasteiger partial charge in [-0.3, -0.25) is 29.5 Å². The predicted molar refractivity (Wildman–Crippen MR) is 145 cm³/mol. The minimum Gasteiger partial charge on any atom is -0.398 e. The van der Waals surface area contributed by atoms with E-state index in [2.05, 4.69) is 10.2 Å². The summed E-state index contributed by atoms with van der Waals surface area (Å²) in [7, 11) is 23.2. The number of fused-ring (bicyclic) bond motifs is 1. The lowest BCUT2D eigenvalue weighted by atomic mass is 9.32. The number of hydrogen-bond acceptors (Lipinski definition) is 9. The highest BCUT2D eigenvalue weighted by Crippen LogP contribution is 2.50. The molecule has 2 unspecified atom stereocenters. The minimum atomic E-state index is -3.39. The second-order valence-corrected chi connectivity index (χ2v) is 10.4. The van der Waals surface area contributed by atoms with E-state index in [1.165, 1.54) is 24.3 Å². The number of nitrogens with zero attached hydrogens (tertiary/aromatic N) is 2. The SMILES string of the molecule is [B]C1([B])C(=O)NC(=O)C([B])(N2C(=O)c3cccc(NCc4cc(CN5CCOCC5)ccc4F)c3C2(O)O)C1([B])O. The molecule has 3 aliphatic heterocycles. The summed E-state index contributed by atoms with van der Waals surface area (Å²) in [5.74, 6) is -8.14. The van der Waals surface area contributed by atoms with Crippen molar-refractivity contribution in [1.82, 2.24) is 15.1 Å². The van der Waals surface area contributed by atoms with E-state index in [9.17, 15) is 34.1 Å². The average Bonchev–Trinajstić information content (AvgIpc) is 3.13. The third-order valence-electron chi connectivity index (χ3n) is 7.75. The Labute approximate surface area is 240 Å². The Bertz CT molecular complexity index is 1440. The molecule has 2 aromatic rings. The molecule has 3 heterocycles. The van der Waals surface area contributed by atoms with Crippen LogP contribution in [0.3, 0.4) is 0 Å². The number of carbonyl (C=O) groups is 3. The van der Waals surface area contributed by atoms with Crippen molar-refractivity contribution < 1.29 is 38.8 Å². The zero-order chi connectivity index (χ0) is 30.0. The third-order valence-corrected chi connectivity index (χ3v) is 7.75. The van der Waals surface area contributed by atoms with Gasteiger partial charge in [0.1, 0.15) is 26.9 Å². The molecule has 0 spiro atoms. The van der Waals surface area contributed by atoms with Crippen LogP contribution in [0.15, 0.2) is 36.4 Å². The van der Waals surface area contributed by atoms with E-state index in [1.807, 2.05) is 0 Å². The van der Waals surface area contributed by atoms with Crippen LogP contribution in [0.1, 0.15) is 27.0 Å². The summed E-state index contributed by atoms with van der Waals surface area (Å²) in [6.45, 7) is 3.13. The van der Waals surface area contributed by atoms with E-state index < -0.39 is 51.2 Å². The van der Waals surface area contributed by atoms with Crippen LogP contribution in [0, 0.1) is 5.82 Å². The van der Waals surface area contributed by atoms with Crippen LogP contribution >= 0.6 is 0 Å². The van der Waals surface area contributed by atoms with Gasteiger partial charge in [-0.05, 0) is 35.0 Å². The Morgan fingerprint density at radius 1 is 1.00 bits per heavy atom. The summed E-state index contributed by atoms with van der Waals surface area (Å²) < 4.78 is 20.1. The molecule has 2 aromatic carbocycles. The van der Waals surface area contributed by atoms with E-state index in [4.69, 9.17) is 36.1 Å². The first kappa shape index (κ1) is 29.3. The monoisotopic (exact) mass is 554 g/mol. The summed E-state index contributed by atoms with van der Waals surface area (Å²) in [5.41, 5.74) is -6.38. The molecule has 2 saturated heterocycles. The molecule has 2 atom stereocenters. The molecule has 204 valence electrons. The fourth-order valence-corrected chi connectivity index (χ4v) is 5.32. The predicted octanol–water partition coefficient (Wildman–Crippen LogP) is -2.35. The Balaban J connectivity index is 1.46. The van der Waals surface area contributed by atoms with Gasteiger partial charge in [0.2, 0.25) is 11.8 Å². The molecule has 5 N–H and O–H groups in total. The molecular formula is C25H23B4FN4O7. The lowest BCUT2D eigenvalue weighted by Gasteiger charge is -2.59. The number of aliphatic hydroxyl groups is 3. The maximum atomic E-state index is 14.7. The smallest absolute Gasteiger partial charge is 0.280 e. The number of anilines is 1. The van der Waals surface area contributed by atoms with Crippen LogP contribution in [0.5, 0.6) is 0 Å². The lowest BCUT2D eigenvalue weighted by molar-refractivity contribution is -0.274. The van der Waals surface area contributed by atoms with Gasteiger partial charge < -0.3 is 25.4 Å². The maximum Gasteiger partial charge on any atom is 0.280 e. The zero-order valence-corrected chi connectivity index (χ0v) is 21.8. The Morgan fingerprint density at radius 2 is 1.68 bits per heavy atom. The largest absolute Gasteiger partial charge is 0.398 e. The van der Waals surface area contributed by atoms with Crippen LogP contribution in [-0.2, 0) is 33.3 Å². The number of nitrogens with one attached hydrogen (secondary N) is 2. The van der Waals surface area contributed by atoms with E-state index in [0.717, 1.165) is 18.7 Å². The molecule has 5 rings (SSSR count). The van der Waals surface area contributed by atoms with Gasteiger partial charge in [0, 0.05) is 42.9 Å². The van der Waals surface area contributed by atoms with Crippen molar-refractivity contribution in [1.29, 1.82) is 0 Å². The average molecular weight is 554 g/mol. The summed E-state index contributed by atoms with van der Waals surface area (Å²) in [6, 6.07) is 8.63. The van der Waals surface area contributed by atoms with Crippen LogP contribution in [0.2, 0.25) is 5.21 Å². The molecule has 11 nitrogen and oxygen atoms in total. The second-order valence-electron chi connectivity index (χ2n) is 10.4. The highest BCUT2D eigenvalue weighted by Gasteiger charge is 2.70. The molecule has 0 bridgehead atoms. The molecule has 41 heavy (non-hydrogen) atoms. The number of hydrogen-bond donors (Lipinski definition) is 5. The van der Waals surface area contributed by atoms with E-state index in [-0.39, 0.29) is 28.3 Å². The van der Waals surface area contributed by atoms with Gasteiger partial charge in [0.15, 0.2) is 0 Å². The van der Waals surface area contributed by atoms with Crippen molar-refractivity contribution >= 4 is 54.8 Å². The second kappa shape index (κ2) is 9.99. The Kier molecular flexibility index (Phi) is 7.14. The van der Waals surface area contributed by atoms with Crippen molar-refractivity contribution in [3.8, 4) is 0 Å². The van der Waals surface area contributed by atoms with Crippen molar-refractivity contribution in [3.05, 3.63) is 64.5 Å². The number of amides is 3. The van der Waals surface area contributed by atoms with Crippen LogP contribution in [0.4, 0.5) is 10.1 Å². The third kappa shape index (κ3) is 4.40. The van der Waals surface area contributed by atoms with E-state index >= 15 is 0 Å². The van der Waals surface area contributed by atoms with Gasteiger partial charge in [-0.1, -0.05) is 12.1 Å². The number of ether oxygens (including phenoxy) is 1. The van der Waals surface area contributed by atoms with Gasteiger partial charge in [-0.15, -0.1) is 0 Å². The van der Waals surface area contributed by atoms with Crippen molar-refractivity contribution in [2.75, 3.05) is 31.6 Å². The quantitative estimate of drug-likeness (QED) is 0.150. The standard InChI is InChI=1S/C25H23B4FN4O7/c26-22(27)20(36)32-21(37)23(28,25(22,29)40)34-19(35)15-2-1-3-17(18(15)24(34,38)39)31-11-14-10-13(4-5-16(14)30)12-33-6-8-41-9-7-33/h1-5,10,31,38-40H,6-9,11-12H2,(H,32,36,37). The number of carbonyl (C=O) groups excluding carboxylic acids is 3. The molecule has 0 aromatic heterocycles. The topological polar surface area (TPSA) is 152 Å². The first-order chi connectivity index (χ1) is 19.1. The normalized spacial score (nSPS) is 27.4. The highest BCUT2D eigenvalue weighted by atomic mass is 19.1. The first-order valence-electron chi connectivity index (χ1n) is 12.6. The summed E-state index contributed by atoms with van der Waals surface area (Å²) in [5, 5.41) is 35.2. The molecule has 3 aliphatic rings. The van der Waals surface area contributed by atoms with Crippen LogP contribution in [-0.4, -0.2) is 111 Å². The molecule has 3 amide bonds. The highest BCUT2D eigenvalue weighted by molar-refractivity contribution is 6.59. The van der Waals surface area contributed by atoms with Crippen molar-refractivity contribution in [3.63, 3.8) is 0 Å². The van der Waals surface area contributed by atoms with Crippen molar-refractivity contribution in [2.24, 2.45) is 0 Å². The summed E-state index contributed by atoms with van der Waals surface area (Å²) in [6.07, 6.45) is 0. The van der Waals surface area contributed by atoms with Gasteiger partial charge >= 0.3 is 0 Å². The summed E-state index contributed by atoms with van der Waals surface area (Å²) in [4.78, 5) is 40.7. The Hall–Kier alpha value is -3.16. The summed E-state index contributed by atoms with van der Waals surface area (Å²) >= 11 is 0. The van der Waals surface area contributed by atoms with Gasteiger partial charge in [-0.2, -0.15) is 0 Å². The molecule has 0 saturated carbocycles. The number of rotatable bonds is 6. The maximum absolute atomic E-state index is 14.7. The molecule has 8 radical (unpaired) electrons. The van der Waals surface area contributed by atoms with Crippen LogP contribution in [0.25, 0.3) is 0 Å². The van der Waals surface area contributed by atoms with Gasteiger partial charge in [0.05, 0.1) is 40.0 Å². The minimum absolute atomic E-state index is 0.00434. The number of morpholine rings is 1. The van der Waals surface area contributed by atoms with Crippen molar-refractivity contribution in [2.45, 2.75) is 35.2 Å². The number of benzene rings is 2.